The number of benzene rings is 1. The number of carbonyl (C=O) groups is 1. The lowest BCUT2D eigenvalue weighted by atomic mass is 9.97. The second-order valence-electron chi connectivity index (χ2n) is 6.47. The van der Waals surface area contributed by atoms with Crippen LogP contribution in [0.5, 0.6) is 0 Å². The Morgan fingerprint density at radius 1 is 1.14 bits per heavy atom. The second kappa shape index (κ2) is 7.89. The molecule has 0 saturated heterocycles. The average Bonchev–Trinajstić information content (AvgIpc) is 3.15. The molecular formula is C22H19N5O. The number of carbonyl (C=O) groups excluding carboxylic acids is 1. The van der Waals surface area contributed by atoms with E-state index in [1.165, 1.54) is 24.3 Å². The lowest BCUT2D eigenvalue weighted by Gasteiger charge is -2.20. The highest BCUT2D eigenvalue weighted by Crippen LogP contribution is 2.32. The summed E-state index contributed by atoms with van der Waals surface area (Å²) in [6, 6.07) is 12.9. The van der Waals surface area contributed by atoms with Crippen molar-refractivity contribution in [3.63, 3.8) is 0 Å². The van der Waals surface area contributed by atoms with Gasteiger partial charge in [-0.15, -0.1) is 0 Å². The highest BCUT2D eigenvalue weighted by Gasteiger charge is 2.23. The molecule has 1 aromatic carbocycles. The summed E-state index contributed by atoms with van der Waals surface area (Å²) in [5, 5.41) is 3.09. The quantitative estimate of drug-likeness (QED) is 0.716. The Morgan fingerprint density at radius 3 is 2.75 bits per heavy atom. The Kier molecular flexibility index (Phi) is 4.98. The minimum absolute atomic E-state index is 0.228. The molecular weight excluding hydrogens is 350 g/mol. The van der Waals surface area contributed by atoms with Gasteiger partial charge in [0.15, 0.2) is 0 Å². The second-order valence-corrected chi connectivity index (χ2v) is 6.47. The molecule has 1 aliphatic rings. The number of nitrogens with one attached hydrogen (secondary N) is 1. The van der Waals surface area contributed by atoms with Crippen molar-refractivity contribution in [3.05, 3.63) is 83.7 Å². The van der Waals surface area contributed by atoms with E-state index >= 15 is 0 Å². The third-order valence-electron chi connectivity index (χ3n) is 4.70. The molecule has 0 fully saturated rings. The Balaban J connectivity index is 1.68. The highest BCUT2D eigenvalue weighted by molar-refractivity contribution is 5.94. The SMILES string of the molecule is CC#CN1CCc2cc(C(NC(=O)c3cncnc3)c3cccnc3)ccc21. The number of anilines is 1. The summed E-state index contributed by atoms with van der Waals surface area (Å²) < 4.78 is 0. The maximum Gasteiger partial charge on any atom is 0.255 e. The zero-order valence-corrected chi connectivity index (χ0v) is 15.5. The first-order chi connectivity index (χ1) is 13.8. The van der Waals surface area contributed by atoms with E-state index in [0.29, 0.717) is 5.56 Å². The predicted octanol–water partition coefficient (Wildman–Crippen LogP) is 2.73. The highest BCUT2D eigenvalue weighted by atomic mass is 16.1. The van der Waals surface area contributed by atoms with E-state index in [0.717, 1.165) is 29.8 Å². The van der Waals surface area contributed by atoms with Crippen LogP contribution in [0.15, 0.2) is 61.4 Å². The van der Waals surface area contributed by atoms with Crippen LogP contribution in [0.4, 0.5) is 5.69 Å². The molecule has 0 saturated carbocycles. The fourth-order valence-corrected chi connectivity index (χ4v) is 3.39. The number of rotatable bonds is 4. The van der Waals surface area contributed by atoms with Gasteiger partial charge in [-0.3, -0.25) is 9.78 Å². The van der Waals surface area contributed by atoms with Gasteiger partial charge in [0.1, 0.15) is 6.33 Å². The molecule has 0 spiro atoms. The molecule has 0 radical (unpaired) electrons. The Morgan fingerprint density at radius 2 is 2.00 bits per heavy atom. The molecule has 1 unspecified atom stereocenters. The molecule has 1 amide bonds. The Labute approximate surface area is 163 Å². The molecule has 28 heavy (non-hydrogen) atoms. The molecule has 3 aromatic rings. The number of hydrogen-bond acceptors (Lipinski definition) is 5. The van der Waals surface area contributed by atoms with Crippen molar-refractivity contribution >= 4 is 11.6 Å². The maximum absolute atomic E-state index is 12.7. The van der Waals surface area contributed by atoms with Crippen LogP contribution in [0.25, 0.3) is 0 Å². The maximum atomic E-state index is 12.7. The van der Waals surface area contributed by atoms with E-state index in [2.05, 4.69) is 49.3 Å². The van der Waals surface area contributed by atoms with Crippen molar-refractivity contribution in [2.45, 2.75) is 19.4 Å². The van der Waals surface area contributed by atoms with E-state index in [4.69, 9.17) is 0 Å². The van der Waals surface area contributed by atoms with Crippen molar-refractivity contribution in [1.29, 1.82) is 0 Å². The number of amides is 1. The summed E-state index contributed by atoms with van der Waals surface area (Å²) in [4.78, 5) is 26.9. The molecule has 1 N–H and O–H groups in total. The Bertz CT molecular complexity index is 1040. The topological polar surface area (TPSA) is 71.0 Å². The monoisotopic (exact) mass is 369 g/mol. The van der Waals surface area contributed by atoms with Crippen molar-refractivity contribution in [2.75, 3.05) is 11.4 Å². The Hall–Kier alpha value is -3.72. The number of fused-ring (bicyclic) bond motifs is 1. The summed E-state index contributed by atoms with van der Waals surface area (Å²) in [5.41, 5.74) is 4.69. The van der Waals surface area contributed by atoms with Crippen molar-refractivity contribution in [1.82, 2.24) is 20.3 Å². The van der Waals surface area contributed by atoms with Gasteiger partial charge in [0.05, 0.1) is 17.3 Å². The van der Waals surface area contributed by atoms with Gasteiger partial charge >= 0.3 is 0 Å². The zero-order valence-electron chi connectivity index (χ0n) is 15.5. The molecule has 1 aliphatic heterocycles. The van der Waals surface area contributed by atoms with Crippen molar-refractivity contribution < 1.29 is 4.79 Å². The largest absolute Gasteiger partial charge is 0.341 e. The summed E-state index contributed by atoms with van der Waals surface area (Å²) >= 11 is 0. The molecule has 6 nitrogen and oxygen atoms in total. The van der Waals surface area contributed by atoms with Crippen LogP contribution < -0.4 is 10.2 Å². The molecule has 138 valence electrons. The third-order valence-corrected chi connectivity index (χ3v) is 4.70. The van der Waals surface area contributed by atoms with Gasteiger partial charge in [0, 0.05) is 37.4 Å². The van der Waals surface area contributed by atoms with Gasteiger partial charge in [0.25, 0.3) is 5.91 Å². The summed E-state index contributed by atoms with van der Waals surface area (Å²) in [6.07, 6.45) is 8.84. The van der Waals surface area contributed by atoms with E-state index < -0.39 is 0 Å². The van der Waals surface area contributed by atoms with Gasteiger partial charge in [-0.2, -0.15) is 0 Å². The number of hydrogen-bond donors (Lipinski definition) is 1. The first-order valence-corrected chi connectivity index (χ1v) is 9.05. The lowest BCUT2D eigenvalue weighted by molar-refractivity contribution is 0.0942. The summed E-state index contributed by atoms with van der Waals surface area (Å²) in [5.74, 6) is 2.73. The van der Waals surface area contributed by atoms with Gasteiger partial charge in [-0.25, -0.2) is 9.97 Å². The van der Waals surface area contributed by atoms with Crippen LogP contribution in [0, 0.1) is 12.0 Å². The number of nitrogens with zero attached hydrogens (tertiary/aromatic N) is 4. The fraction of sp³-hybridized carbons (Fsp3) is 0.182. The molecule has 4 rings (SSSR count). The average molecular weight is 369 g/mol. The minimum atomic E-state index is -0.321. The van der Waals surface area contributed by atoms with Gasteiger partial charge in [-0.05, 0) is 42.2 Å². The van der Waals surface area contributed by atoms with E-state index in [9.17, 15) is 4.79 Å². The smallest absolute Gasteiger partial charge is 0.255 e. The van der Waals surface area contributed by atoms with Crippen LogP contribution >= 0.6 is 0 Å². The minimum Gasteiger partial charge on any atom is -0.341 e. The van der Waals surface area contributed by atoms with E-state index in [1.807, 2.05) is 25.1 Å². The summed E-state index contributed by atoms with van der Waals surface area (Å²) in [6.45, 7) is 2.72. The molecule has 6 heteroatoms. The molecule has 3 heterocycles. The first-order valence-electron chi connectivity index (χ1n) is 9.05. The molecule has 0 aliphatic carbocycles. The fourth-order valence-electron chi connectivity index (χ4n) is 3.39. The molecule has 2 aromatic heterocycles. The van der Waals surface area contributed by atoms with Gasteiger partial charge in [-0.1, -0.05) is 24.1 Å². The number of pyridine rings is 1. The lowest BCUT2D eigenvalue weighted by Crippen LogP contribution is -2.29. The van der Waals surface area contributed by atoms with Crippen molar-refractivity contribution in [2.24, 2.45) is 0 Å². The van der Waals surface area contributed by atoms with Crippen LogP contribution in [-0.4, -0.2) is 27.4 Å². The molecule has 1 atom stereocenters. The van der Waals surface area contributed by atoms with Crippen LogP contribution in [0.1, 0.15) is 40.0 Å². The standard InChI is InChI=1S/C22H19N5O/c1-2-9-27-10-7-16-11-17(5-6-20(16)27)21(18-4-3-8-23-12-18)26-22(28)19-13-24-15-25-14-19/h3-6,8,11-15,21H,7,10H2,1H3,(H,26,28). The first kappa shape index (κ1) is 17.7. The third kappa shape index (κ3) is 3.55. The van der Waals surface area contributed by atoms with Crippen molar-refractivity contribution in [3.8, 4) is 12.0 Å². The summed E-state index contributed by atoms with van der Waals surface area (Å²) in [7, 11) is 0. The van der Waals surface area contributed by atoms with Crippen LogP contribution in [-0.2, 0) is 6.42 Å². The predicted molar refractivity (Wildman–Crippen MR) is 107 cm³/mol. The van der Waals surface area contributed by atoms with Crippen LogP contribution in [0.2, 0.25) is 0 Å². The zero-order chi connectivity index (χ0) is 19.3. The normalized spacial score (nSPS) is 13.2. The number of aromatic nitrogens is 3. The van der Waals surface area contributed by atoms with Gasteiger partial charge < -0.3 is 10.2 Å². The van der Waals surface area contributed by atoms with Gasteiger partial charge in [0.2, 0.25) is 0 Å². The van der Waals surface area contributed by atoms with E-state index in [-0.39, 0.29) is 11.9 Å². The van der Waals surface area contributed by atoms with Crippen LogP contribution in [0.3, 0.4) is 0 Å². The van der Waals surface area contributed by atoms with E-state index in [1.54, 1.807) is 12.4 Å². The molecule has 0 bridgehead atoms.